The molecule has 1 atom stereocenters. The van der Waals surface area contributed by atoms with Crippen molar-refractivity contribution in [2.24, 2.45) is 0 Å². The quantitative estimate of drug-likeness (QED) is 0.690. The van der Waals surface area contributed by atoms with Crippen molar-refractivity contribution in [2.45, 2.75) is 25.4 Å². The molecule has 22 heavy (non-hydrogen) atoms. The molecule has 1 aromatic heterocycles. The minimum atomic E-state index is -0.165. The summed E-state index contributed by atoms with van der Waals surface area (Å²) in [6.45, 7) is 3.12. The molecule has 2 heterocycles. The molecule has 1 amide bonds. The van der Waals surface area contributed by atoms with Crippen molar-refractivity contribution < 1.29 is 9.53 Å². The van der Waals surface area contributed by atoms with E-state index in [1.54, 1.807) is 6.07 Å². The summed E-state index contributed by atoms with van der Waals surface area (Å²) >= 11 is 0. The van der Waals surface area contributed by atoms with E-state index in [2.05, 4.69) is 25.5 Å². The normalized spacial score (nSPS) is 17.7. The largest absolute Gasteiger partial charge is 0.376 e. The highest BCUT2D eigenvalue weighted by Crippen LogP contribution is 2.13. The fraction of sp³-hybridized carbons (Fsp3) is 0.667. The minimum Gasteiger partial charge on any atom is -0.376 e. The van der Waals surface area contributed by atoms with Crippen molar-refractivity contribution in [3.8, 4) is 0 Å². The molecular weight excluding hydrogens is 282 g/mol. The Labute approximate surface area is 131 Å². The van der Waals surface area contributed by atoms with Gasteiger partial charge in [0.15, 0.2) is 0 Å². The standard InChI is InChI=1S/C15H25N5O2/c1-20(2)7-4-6-16-15(21)13-9-14(19-11-18-13)17-10-12-5-3-8-22-12/h9,11-12H,3-8,10H2,1-2H3,(H,16,21)(H,17,18,19). The second-order valence-electron chi connectivity index (χ2n) is 5.72. The number of rotatable bonds is 8. The van der Waals surface area contributed by atoms with Crippen LogP contribution in [-0.4, -0.2) is 67.2 Å². The maximum atomic E-state index is 12.0. The van der Waals surface area contributed by atoms with E-state index >= 15 is 0 Å². The lowest BCUT2D eigenvalue weighted by molar-refractivity contribution is 0.0947. The summed E-state index contributed by atoms with van der Waals surface area (Å²) in [5.74, 6) is 0.491. The molecule has 122 valence electrons. The van der Waals surface area contributed by atoms with Crippen LogP contribution in [0, 0.1) is 0 Å². The number of anilines is 1. The molecule has 2 N–H and O–H groups in total. The molecule has 0 spiro atoms. The Morgan fingerprint density at radius 2 is 2.32 bits per heavy atom. The molecule has 1 unspecified atom stereocenters. The van der Waals surface area contributed by atoms with Gasteiger partial charge in [0, 0.05) is 25.8 Å². The van der Waals surface area contributed by atoms with Gasteiger partial charge in [-0.15, -0.1) is 0 Å². The first-order valence-corrected chi connectivity index (χ1v) is 7.75. The predicted octanol–water partition coefficient (Wildman–Crippen LogP) is 0.749. The molecule has 1 aromatic rings. The zero-order valence-electron chi connectivity index (χ0n) is 13.3. The van der Waals surface area contributed by atoms with Gasteiger partial charge in [-0.1, -0.05) is 0 Å². The van der Waals surface area contributed by atoms with Gasteiger partial charge in [0.2, 0.25) is 0 Å². The highest BCUT2D eigenvalue weighted by Gasteiger charge is 2.15. The van der Waals surface area contributed by atoms with Crippen LogP contribution in [0.1, 0.15) is 29.8 Å². The average Bonchev–Trinajstić information content (AvgIpc) is 3.03. The Kier molecular flexibility index (Phi) is 6.54. The van der Waals surface area contributed by atoms with E-state index in [4.69, 9.17) is 4.74 Å². The number of nitrogens with zero attached hydrogens (tertiary/aromatic N) is 3. The van der Waals surface area contributed by atoms with Crippen molar-refractivity contribution in [1.29, 1.82) is 0 Å². The first-order valence-electron chi connectivity index (χ1n) is 7.75. The molecule has 0 aromatic carbocycles. The second-order valence-corrected chi connectivity index (χ2v) is 5.72. The number of carbonyl (C=O) groups is 1. The number of amides is 1. The molecule has 7 heteroatoms. The molecule has 1 aliphatic rings. The molecule has 1 aliphatic heterocycles. The summed E-state index contributed by atoms with van der Waals surface area (Å²) in [5.41, 5.74) is 0.384. The van der Waals surface area contributed by atoms with E-state index in [0.717, 1.165) is 32.4 Å². The second kappa shape index (κ2) is 8.65. The van der Waals surface area contributed by atoms with E-state index in [1.165, 1.54) is 6.33 Å². The molecule has 0 radical (unpaired) electrons. The van der Waals surface area contributed by atoms with Crippen molar-refractivity contribution in [2.75, 3.05) is 45.7 Å². The van der Waals surface area contributed by atoms with Gasteiger partial charge < -0.3 is 20.3 Å². The summed E-state index contributed by atoms with van der Waals surface area (Å²) < 4.78 is 5.55. The third-order valence-corrected chi connectivity index (χ3v) is 3.50. The van der Waals surface area contributed by atoms with Gasteiger partial charge in [-0.3, -0.25) is 4.79 Å². The zero-order valence-corrected chi connectivity index (χ0v) is 13.3. The summed E-state index contributed by atoms with van der Waals surface area (Å²) in [5, 5.41) is 6.07. The molecule has 0 bridgehead atoms. The van der Waals surface area contributed by atoms with Crippen molar-refractivity contribution >= 4 is 11.7 Å². The van der Waals surface area contributed by atoms with Crippen LogP contribution in [0.5, 0.6) is 0 Å². The van der Waals surface area contributed by atoms with Gasteiger partial charge in [-0.2, -0.15) is 0 Å². The first kappa shape index (κ1) is 16.6. The number of aromatic nitrogens is 2. The molecule has 1 saturated heterocycles. The lowest BCUT2D eigenvalue weighted by Crippen LogP contribution is -2.28. The summed E-state index contributed by atoms with van der Waals surface area (Å²) in [6, 6.07) is 1.68. The van der Waals surface area contributed by atoms with Crippen LogP contribution in [0.4, 0.5) is 5.82 Å². The Morgan fingerprint density at radius 3 is 3.05 bits per heavy atom. The van der Waals surface area contributed by atoms with Gasteiger partial charge in [-0.25, -0.2) is 9.97 Å². The number of hydrogen-bond acceptors (Lipinski definition) is 6. The van der Waals surface area contributed by atoms with E-state index in [1.807, 2.05) is 14.1 Å². The van der Waals surface area contributed by atoms with Crippen LogP contribution < -0.4 is 10.6 Å². The van der Waals surface area contributed by atoms with Gasteiger partial charge >= 0.3 is 0 Å². The molecule has 7 nitrogen and oxygen atoms in total. The lowest BCUT2D eigenvalue weighted by atomic mass is 10.2. The van der Waals surface area contributed by atoms with Crippen molar-refractivity contribution in [3.63, 3.8) is 0 Å². The van der Waals surface area contributed by atoms with Crippen LogP contribution in [0.2, 0.25) is 0 Å². The van der Waals surface area contributed by atoms with Crippen LogP contribution in [0.3, 0.4) is 0 Å². The summed E-state index contributed by atoms with van der Waals surface area (Å²) in [6.07, 6.45) is 4.73. The van der Waals surface area contributed by atoms with Crippen LogP contribution >= 0.6 is 0 Å². The third kappa shape index (κ3) is 5.57. The average molecular weight is 307 g/mol. The lowest BCUT2D eigenvalue weighted by Gasteiger charge is -2.12. The van der Waals surface area contributed by atoms with Gasteiger partial charge in [-0.05, 0) is 39.9 Å². The molecule has 2 rings (SSSR count). The topological polar surface area (TPSA) is 79.4 Å². The highest BCUT2D eigenvalue weighted by atomic mass is 16.5. The van der Waals surface area contributed by atoms with Gasteiger partial charge in [0.1, 0.15) is 17.8 Å². The fourth-order valence-electron chi connectivity index (χ4n) is 2.29. The zero-order chi connectivity index (χ0) is 15.8. The Bertz CT molecular complexity index is 475. The van der Waals surface area contributed by atoms with Gasteiger partial charge in [0.25, 0.3) is 5.91 Å². The summed E-state index contributed by atoms with van der Waals surface area (Å²) in [7, 11) is 4.02. The van der Waals surface area contributed by atoms with Crippen LogP contribution in [0.15, 0.2) is 12.4 Å². The minimum absolute atomic E-state index is 0.165. The van der Waals surface area contributed by atoms with Crippen molar-refractivity contribution in [3.05, 3.63) is 18.1 Å². The number of ether oxygens (including phenoxy) is 1. The Hall–Kier alpha value is -1.73. The highest BCUT2D eigenvalue weighted by molar-refractivity contribution is 5.92. The smallest absolute Gasteiger partial charge is 0.270 e. The monoisotopic (exact) mass is 307 g/mol. The molecule has 0 aliphatic carbocycles. The number of hydrogen-bond donors (Lipinski definition) is 2. The molecule has 0 saturated carbocycles. The van der Waals surface area contributed by atoms with E-state index in [-0.39, 0.29) is 12.0 Å². The third-order valence-electron chi connectivity index (χ3n) is 3.50. The van der Waals surface area contributed by atoms with Crippen LogP contribution in [-0.2, 0) is 4.74 Å². The number of nitrogens with one attached hydrogen (secondary N) is 2. The molecular formula is C15H25N5O2. The maximum Gasteiger partial charge on any atom is 0.270 e. The predicted molar refractivity (Wildman–Crippen MR) is 85.0 cm³/mol. The maximum absolute atomic E-state index is 12.0. The van der Waals surface area contributed by atoms with E-state index < -0.39 is 0 Å². The number of carbonyl (C=O) groups excluding carboxylic acids is 1. The van der Waals surface area contributed by atoms with E-state index in [9.17, 15) is 4.79 Å². The first-order chi connectivity index (χ1) is 10.6. The van der Waals surface area contributed by atoms with Crippen LogP contribution in [0.25, 0.3) is 0 Å². The van der Waals surface area contributed by atoms with Gasteiger partial charge in [0.05, 0.1) is 6.10 Å². The van der Waals surface area contributed by atoms with Crippen molar-refractivity contribution in [1.82, 2.24) is 20.2 Å². The Balaban J connectivity index is 1.78. The Morgan fingerprint density at radius 1 is 1.45 bits per heavy atom. The SMILES string of the molecule is CN(C)CCCNC(=O)c1cc(NCC2CCCO2)ncn1. The van der Waals surface area contributed by atoms with E-state index in [0.29, 0.717) is 24.6 Å². The molecule has 1 fully saturated rings. The summed E-state index contributed by atoms with van der Waals surface area (Å²) in [4.78, 5) is 22.3. The fourth-order valence-corrected chi connectivity index (χ4v) is 2.29.